The van der Waals surface area contributed by atoms with Crippen molar-refractivity contribution >= 4 is 5.91 Å². The van der Waals surface area contributed by atoms with Gasteiger partial charge in [-0.25, -0.2) is 4.39 Å². The molecule has 1 spiro atoms. The van der Waals surface area contributed by atoms with Gasteiger partial charge in [0.15, 0.2) is 0 Å². The summed E-state index contributed by atoms with van der Waals surface area (Å²) in [5.41, 5.74) is 2.47. The second-order valence-corrected chi connectivity index (χ2v) is 8.24. The van der Waals surface area contributed by atoms with Gasteiger partial charge in [0.2, 0.25) is 0 Å². The molecule has 0 bridgehead atoms. The van der Waals surface area contributed by atoms with E-state index >= 15 is 0 Å². The number of likely N-dealkylation sites (tertiary alicyclic amines) is 2. The molecule has 2 fully saturated rings. The molecule has 0 radical (unpaired) electrons. The number of amides is 1. The van der Waals surface area contributed by atoms with Crippen LogP contribution in [0.2, 0.25) is 0 Å². The first-order valence-corrected chi connectivity index (χ1v) is 9.91. The number of hydrogen-bond acceptors (Lipinski definition) is 3. The van der Waals surface area contributed by atoms with Crippen molar-refractivity contribution in [1.29, 1.82) is 0 Å². The van der Waals surface area contributed by atoms with Gasteiger partial charge in [-0.15, -0.1) is 0 Å². The van der Waals surface area contributed by atoms with E-state index in [2.05, 4.69) is 11.9 Å². The molecule has 1 amide bonds. The van der Waals surface area contributed by atoms with Crippen LogP contribution >= 0.6 is 0 Å². The molecule has 2 aromatic carbocycles. The molecule has 0 N–H and O–H groups in total. The minimum absolute atomic E-state index is 0.0892. The number of piperidine rings is 1. The minimum Gasteiger partial charge on any atom is -0.496 e. The molecular weight excluding hydrogens is 355 g/mol. The summed E-state index contributed by atoms with van der Waals surface area (Å²) in [5.74, 6) is 0.395. The lowest BCUT2D eigenvalue weighted by Gasteiger charge is -2.40. The molecule has 0 aliphatic carbocycles. The maximum Gasteiger partial charge on any atom is 0.253 e. The summed E-state index contributed by atoms with van der Waals surface area (Å²) in [6.45, 7) is 3.86. The molecule has 1 unspecified atom stereocenters. The van der Waals surface area contributed by atoms with Gasteiger partial charge in [0.05, 0.1) is 7.11 Å². The molecule has 1 atom stereocenters. The van der Waals surface area contributed by atoms with E-state index in [-0.39, 0.29) is 17.1 Å². The summed E-state index contributed by atoms with van der Waals surface area (Å²) >= 11 is 0. The van der Waals surface area contributed by atoms with Gasteiger partial charge in [-0.3, -0.25) is 4.79 Å². The highest BCUT2D eigenvalue weighted by atomic mass is 19.1. The molecule has 5 heteroatoms. The van der Waals surface area contributed by atoms with Crippen molar-refractivity contribution in [3.8, 4) is 16.9 Å². The highest BCUT2D eigenvalue weighted by Gasteiger charge is 2.41. The monoisotopic (exact) mass is 382 g/mol. The largest absolute Gasteiger partial charge is 0.496 e. The Morgan fingerprint density at radius 3 is 2.54 bits per heavy atom. The summed E-state index contributed by atoms with van der Waals surface area (Å²) in [5, 5.41) is 0. The Kier molecular flexibility index (Phi) is 5.11. The predicted molar refractivity (Wildman–Crippen MR) is 108 cm³/mol. The standard InChI is InChI=1S/C23H27FN2O2/c1-25-13-11-23(15-25)10-3-12-26(16-23)22(27)18-6-4-17(5-7-18)20-14-19(24)8-9-21(20)28-2/h4-9,14H,3,10-13,15-16H2,1-2H3. The quantitative estimate of drug-likeness (QED) is 0.803. The number of nitrogens with zero attached hydrogens (tertiary/aromatic N) is 2. The van der Waals surface area contributed by atoms with Gasteiger partial charge in [0.1, 0.15) is 11.6 Å². The molecule has 148 valence electrons. The van der Waals surface area contributed by atoms with E-state index in [1.807, 2.05) is 29.2 Å². The lowest BCUT2D eigenvalue weighted by atomic mass is 9.79. The number of carbonyl (C=O) groups excluding carboxylic acids is 1. The van der Waals surface area contributed by atoms with Crippen LogP contribution < -0.4 is 4.74 Å². The van der Waals surface area contributed by atoms with Gasteiger partial charge in [-0.1, -0.05) is 12.1 Å². The van der Waals surface area contributed by atoms with Gasteiger partial charge >= 0.3 is 0 Å². The van der Waals surface area contributed by atoms with Crippen LogP contribution in [0, 0.1) is 11.2 Å². The van der Waals surface area contributed by atoms with Crippen molar-refractivity contribution < 1.29 is 13.9 Å². The van der Waals surface area contributed by atoms with Crippen LogP contribution in [0.3, 0.4) is 0 Å². The van der Waals surface area contributed by atoms with E-state index in [1.54, 1.807) is 13.2 Å². The molecule has 0 aromatic heterocycles. The molecule has 4 rings (SSSR count). The normalized spacial score (nSPS) is 22.6. The first kappa shape index (κ1) is 18.9. The summed E-state index contributed by atoms with van der Waals surface area (Å²) in [6.07, 6.45) is 3.45. The third-order valence-corrected chi connectivity index (χ3v) is 6.18. The van der Waals surface area contributed by atoms with Crippen LogP contribution in [0.15, 0.2) is 42.5 Å². The van der Waals surface area contributed by atoms with E-state index in [1.165, 1.54) is 25.0 Å². The molecule has 2 aliphatic heterocycles. The van der Waals surface area contributed by atoms with Crippen LogP contribution in [-0.2, 0) is 0 Å². The van der Waals surface area contributed by atoms with E-state index in [0.29, 0.717) is 16.9 Å². The van der Waals surface area contributed by atoms with Gasteiger partial charge in [-0.05, 0) is 68.8 Å². The third kappa shape index (κ3) is 3.63. The first-order valence-electron chi connectivity index (χ1n) is 9.91. The van der Waals surface area contributed by atoms with E-state index in [0.717, 1.165) is 38.2 Å². The zero-order valence-electron chi connectivity index (χ0n) is 16.6. The Hall–Kier alpha value is -2.40. The van der Waals surface area contributed by atoms with Gasteiger partial charge in [0, 0.05) is 36.2 Å². The molecule has 28 heavy (non-hydrogen) atoms. The highest BCUT2D eigenvalue weighted by molar-refractivity contribution is 5.95. The summed E-state index contributed by atoms with van der Waals surface area (Å²) < 4.78 is 19.0. The maximum atomic E-state index is 13.7. The number of carbonyl (C=O) groups is 1. The smallest absolute Gasteiger partial charge is 0.253 e. The molecule has 2 saturated heterocycles. The van der Waals surface area contributed by atoms with Crippen LogP contribution in [0.4, 0.5) is 4.39 Å². The SMILES string of the molecule is COc1ccc(F)cc1-c1ccc(C(=O)N2CCCC3(CCN(C)C3)C2)cc1. The Morgan fingerprint density at radius 1 is 1.07 bits per heavy atom. The number of benzene rings is 2. The first-order chi connectivity index (χ1) is 13.5. The molecule has 2 aromatic rings. The second kappa shape index (κ2) is 7.55. The van der Waals surface area contributed by atoms with Gasteiger partial charge in [0.25, 0.3) is 5.91 Å². The van der Waals surface area contributed by atoms with Crippen LogP contribution in [0.25, 0.3) is 11.1 Å². The van der Waals surface area contributed by atoms with E-state index in [9.17, 15) is 9.18 Å². The highest BCUT2D eigenvalue weighted by Crippen LogP contribution is 2.39. The van der Waals surface area contributed by atoms with Crippen molar-refractivity contribution in [1.82, 2.24) is 9.80 Å². The third-order valence-electron chi connectivity index (χ3n) is 6.18. The zero-order valence-corrected chi connectivity index (χ0v) is 16.6. The predicted octanol–water partition coefficient (Wildman–Crippen LogP) is 4.06. The molecule has 0 saturated carbocycles. The van der Waals surface area contributed by atoms with Crippen molar-refractivity contribution in [2.24, 2.45) is 5.41 Å². The number of rotatable bonds is 3. The number of ether oxygens (including phenoxy) is 1. The Balaban J connectivity index is 1.53. The zero-order chi connectivity index (χ0) is 19.7. The van der Waals surface area contributed by atoms with Gasteiger partial charge < -0.3 is 14.5 Å². The Labute approximate surface area is 165 Å². The average Bonchev–Trinajstić information content (AvgIpc) is 3.07. The lowest BCUT2D eigenvalue weighted by Crippen LogP contribution is -2.47. The number of hydrogen-bond donors (Lipinski definition) is 0. The summed E-state index contributed by atoms with van der Waals surface area (Å²) in [4.78, 5) is 17.5. The molecular formula is C23H27FN2O2. The van der Waals surface area contributed by atoms with Gasteiger partial charge in [-0.2, -0.15) is 0 Å². The molecule has 2 heterocycles. The van der Waals surface area contributed by atoms with Crippen LogP contribution in [0.5, 0.6) is 5.75 Å². The number of halogens is 1. The maximum absolute atomic E-state index is 13.7. The fourth-order valence-corrected chi connectivity index (χ4v) is 4.75. The van der Waals surface area contributed by atoms with E-state index in [4.69, 9.17) is 4.74 Å². The lowest BCUT2D eigenvalue weighted by molar-refractivity contribution is 0.0534. The van der Waals surface area contributed by atoms with Crippen LogP contribution in [-0.4, -0.2) is 56.0 Å². The van der Waals surface area contributed by atoms with Crippen molar-refractivity contribution in [3.05, 3.63) is 53.8 Å². The Bertz CT molecular complexity index is 863. The fourth-order valence-electron chi connectivity index (χ4n) is 4.75. The number of methoxy groups -OCH3 is 1. The average molecular weight is 382 g/mol. The summed E-state index contributed by atoms with van der Waals surface area (Å²) in [6, 6.07) is 11.9. The minimum atomic E-state index is -0.309. The Morgan fingerprint density at radius 2 is 1.86 bits per heavy atom. The molecule has 2 aliphatic rings. The fraction of sp³-hybridized carbons (Fsp3) is 0.435. The van der Waals surface area contributed by atoms with E-state index < -0.39 is 0 Å². The van der Waals surface area contributed by atoms with Crippen LogP contribution in [0.1, 0.15) is 29.6 Å². The molecule has 4 nitrogen and oxygen atoms in total. The van der Waals surface area contributed by atoms with Crippen molar-refractivity contribution in [2.75, 3.05) is 40.3 Å². The second-order valence-electron chi connectivity index (χ2n) is 8.24. The van der Waals surface area contributed by atoms with Crippen molar-refractivity contribution in [2.45, 2.75) is 19.3 Å². The summed E-state index contributed by atoms with van der Waals surface area (Å²) in [7, 11) is 3.73. The topological polar surface area (TPSA) is 32.8 Å². The van der Waals surface area contributed by atoms with Crippen molar-refractivity contribution in [3.63, 3.8) is 0 Å².